The summed E-state index contributed by atoms with van der Waals surface area (Å²) in [6, 6.07) is 6.15. The zero-order valence-electron chi connectivity index (χ0n) is 15.5. The number of amides is 3. The smallest absolute Gasteiger partial charge is 0.320 e. The Bertz CT molecular complexity index is 682. The highest BCUT2D eigenvalue weighted by Crippen LogP contribution is 2.45. The third-order valence-corrected chi connectivity index (χ3v) is 5.36. The average Bonchev–Trinajstić information content (AvgIpc) is 3.16. The van der Waals surface area contributed by atoms with Crippen LogP contribution in [0.15, 0.2) is 24.3 Å². The van der Waals surface area contributed by atoms with Crippen molar-refractivity contribution in [3.8, 4) is 0 Å². The molecule has 0 aliphatic carbocycles. The lowest BCUT2D eigenvalue weighted by Gasteiger charge is -2.32. The van der Waals surface area contributed by atoms with E-state index in [-0.39, 0.29) is 35.6 Å². The molecule has 2 aliphatic heterocycles. The van der Waals surface area contributed by atoms with Crippen molar-refractivity contribution in [1.82, 2.24) is 14.7 Å². The molecule has 0 radical (unpaired) electrons. The van der Waals surface area contributed by atoms with E-state index in [1.807, 2.05) is 15.9 Å². The highest BCUT2D eigenvalue weighted by molar-refractivity contribution is 5.77. The SMILES string of the molecule is COCCC(=O)N1C[C@@H]2CN(C(=O)N(C)C)[C@H](c3cccc(F)c3)[C@@H]2C1. The number of hydrogen-bond acceptors (Lipinski definition) is 3. The molecule has 2 saturated heterocycles. The summed E-state index contributed by atoms with van der Waals surface area (Å²) in [7, 11) is 5.02. The summed E-state index contributed by atoms with van der Waals surface area (Å²) >= 11 is 0. The van der Waals surface area contributed by atoms with Gasteiger partial charge in [-0.15, -0.1) is 0 Å². The van der Waals surface area contributed by atoms with Gasteiger partial charge in [0.2, 0.25) is 5.91 Å². The number of urea groups is 1. The van der Waals surface area contributed by atoms with Gasteiger partial charge in [0.1, 0.15) is 5.82 Å². The molecule has 7 heteroatoms. The van der Waals surface area contributed by atoms with E-state index >= 15 is 0 Å². The Kier molecular flexibility index (Phi) is 5.46. The zero-order chi connectivity index (χ0) is 18.8. The van der Waals surface area contributed by atoms with Gasteiger partial charge in [0.15, 0.2) is 0 Å². The number of fused-ring (bicyclic) bond motifs is 1. The lowest BCUT2D eigenvalue weighted by atomic mass is 9.89. The van der Waals surface area contributed by atoms with Crippen LogP contribution in [0.25, 0.3) is 0 Å². The van der Waals surface area contributed by atoms with E-state index in [0.717, 1.165) is 5.56 Å². The quantitative estimate of drug-likeness (QED) is 0.822. The molecular formula is C19H26FN3O3. The second-order valence-electron chi connectivity index (χ2n) is 7.29. The fraction of sp³-hybridized carbons (Fsp3) is 0.579. The van der Waals surface area contributed by atoms with Gasteiger partial charge in [-0.05, 0) is 17.7 Å². The number of likely N-dealkylation sites (tertiary alicyclic amines) is 2. The van der Waals surface area contributed by atoms with Gasteiger partial charge in [-0.25, -0.2) is 9.18 Å². The Morgan fingerprint density at radius 2 is 2.04 bits per heavy atom. The van der Waals surface area contributed by atoms with Crippen LogP contribution < -0.4 is 0 Å². The molecule has 6 nitrogen and oxygen atoms in total. The molecule has 3 rings (SSSR count). The predicted octanol–water partition coefficient (Wildman–Crippen LogP) is 1.98. The van der Waals surface area contributed by atoms with Crippen LogP contribution >= 0.6 is 0 Å². The van der Waals surface area contributed by atoms with Crippen LogP contribution in [-0.4, -0.2) is 74.1 Å². The number of halogens is 1. The molecule has 2 heterocycles. The van der Waals surface area contributed by atoms with E-state index in [2.05, 4.69) is 0 Å². The molecule has 1 aromatic carbocycles. The Balaban J connectivity index is 1.84. The first kappa shape index (κ1) is 18.6. The molecule has 3 atom stereocenters. The van der Waals surface area contributed by atoms with Crippen LogP contribution in [0.1, 0.15) is 18.0 Å². The summed E-state index contributed by atoms with van der Waals surface area (Å²) in [6.45, 7) is 2.21. The first-order valence-electron chi connectivity index (χ1n) is 8.92. The van der Waals surface area contributed by atoms with Crippen LogP contribution in [0.4, 0.5) is 9.18 Å². The Labute approximate surface area is 153 Å². The van der Waals surface area contributed by atoms with Gasteiger partial charge in [-0.3, -0.25) is 4.79 Å². The number of nitrogens with zero attached hydrogens (tertiary/aromatic N) is 3. The molecule has 0 spiro atoms. The topological polar surface area (TPSA) is 53.1 Å². The van der Waals surface area contributed by atoms with Crippen LogP contribution in [-0.2, 0) is 9.53 Å². The van der Waals surface area contributed by atoms with Crippen molar-refractivity contribution in [2.75, 3.05) is 47.4 Å². The number of hydrogen-bond donors (Lipinski definition) is 0. The maximum atomic E-state index is 13.8. The Hall–Kier alpha value is -2.15. The van der Waals surface area contributed by atoms with Crippen LogP contribution in [0.2, 0.25) is 0 Å². The number of carbonyl (C=O) groups is 2. The van der Waals surface area contributed by atoms with Crippen molar-refractivity contribution in [1.29, 1.82) is 0 Å². The number of carbonyl (C=O) groups excluding carboxylic acids is 2. The van der Waals surface area contributed by atoms with E-state index in [1.165, 1.54) is 12.1 Å². The van der Waals surface area contributed by atoms with E-state index in [9.17, 15) is 14.0 Å². The van der Waals surface area contributed by atoms with Gasteiger partial charge in [0, 0.05) is 52.7 Å². The molecule has 2 aliphatic rings. The number of ether oxygens (including phenoxy) is 1. The summed E-state index contributed by atoms with van der Waals surface area (Å²) in [5, 5.41) is 0. The Morgan fingerprint density at radius 3 is 2.69 bits per heavy atom. The summed E-state index contributed by atoms with van der Waals surface area (Å²) in [4.78, 5) is 30.2. The van der Waals surface area contributed by atoms with Crippen LogP contribution in [0, 0.1) is 17.7 Å². The van der Waals surface area contributed by atoms with Crippen LogP contribution in [0.5, 0.6) is 0 Å². The molecule has 0 N–H and O–H groups in total. The minimum absolute atomic E-state index is 0.0738. The maximum Gasteiger partial charge on any atom is 0.320 e. The monoisotopic (exact) mass is 363 g/mol. The first-order chi connectivity index (χ1) is 12.4. The molecule has 0 unspecified atom stereocenters. The third-order valence-electron chi connectivity index (χ3n) is 5.36. The highest BCUT2D eigenvalue weighted by atomic mass is 19.1. The van der Waals surface area contributed by atoms with Crippen molar-refractivity contribution in [2.45, 2.75) is 12.5 Å². The average molecular weight is 363 g/mol. The molecule has 26 heavy (non-hydrogen) atoms. The second-order valence-corrected chi connectivity index (χ2v) is 7.29. The third kappa shape index (κ3) is 3.53. The van der Waals surface area contributed by atoms with Crippen molar-refractivity contribution in [2.24, 2.45) is 11.8 Å². The van der Waals surface area contributed by atoms with Crippen molar-refractivity contribution >= 4 is 11.9 Å². The minimum Gasteiger partial charge on any atom is -0.384 e. The fourth-order valence-corrected chi connectivity index (χ4v) is 4.17. The zero-order valence-corrected chi connectivity index (χ0v) is 15.5. The highest BCUT2D eigenvalue weighted by Gasteiger charge is 2.50. The summed E-state index contributed by atoms with van der Waals surface area (Å²) in [6.07, 6.45) is 0.362. The van der Waals surface area contributed by atoms with Gasteiger partial charge >= 0.3 is 6.03 Å². The molecule has 1 aromatic rings. The molecule has 3 amide bonds. The maximum absolute atomic E-state index is 13.8. The molecule has 0 saturated carbocycles. The van der Waals surface area contributed by atoms with Crippen molar-refractivity contribution in [3.63, 3.8) is 0 Å². The number of benzene rings is 1. The lowest BCUT2D eigenvalue weighted by molar-refractivity contribution is -0.131. The summed E-state index contributed by atoms with van der Waals surface area (Å²) in [5.74, 6) is 0.0878. The Morgan fingerprint density at radius 1 is 1.27 bits per heavy atom. The van der Waals surface area contributed by atoms with Gasteiger partial charge in [0.25, 0.3) is 0 Å². The normalized spacial score (nSPS) is 24.7. The largest absolute Gasteiger partial charge is 0.384 e. The van der Waals surface area contributed by atoms with Gasteiger partial charge in [-0.2, -0.15) is 0 Å². The standard InChI is InChI=1S/C19H26FN3O3/c1-21(2)19(25)23-11-14-10-22(17(24)7-8-26-3)12-16(14)18(23)13-5-4-6-15(20)9-13/h4-6,9,14,16,18H,7-8,10-12H2,1-3H3/t14-,16-,18-/m1/s1. The fourth-order valence-electron chi connectivity index (χ4n) is 4.17. The number of methoxy groups -OCH3 is 1. The first-order valence-corrected chi connectivity index (χ1v) is 8.92. The van der Waals surface area contributed by atoms with E-state index in [1.54, 1.807) is 32.2 Å². The van der Waals surface area contributed by atoms with E-state index in [4.69, 9.17) is 4.74 Å². The summed E-state index contributed by atoms with van der Waals surface area (Å²) in [5.41, 5.74) is 0.791. The minimum atomic E-state index is -0.311. The molecule has 0 aromatic heterocycles. The van der Waals surface area contributed by atoms with Crippen molar-refractivity contribution in [3.05, 3.63) is 35.6 Å². The van der Waals surface area contributed by atoms with Gasteiger partial charge in [0.05, 0.1) is 19.1 Å². The van der Waals surface area contributed by atoms with Gasteiger partial charge < -0.3 is 19.4 Å². The molecule has 2 fully saturated rings. The lowest BCUT2D eigenvalue weighted by Crippen LogP contribution is -2.42. The van der Waals surface area contributed by atoms with Gasteiger partial charge in [-0.1, -0.05) is 12.1 Å². The molecule has 142 valence electrons. The summed E-state index contributed by atoms with van der Waals surface area (Å²) < 4.78 is 18.8. The van der Waals surface area contributed by atoms with E-state index in [0.29, 0.717) is 32.7 Å². The second kappa shape index (κ2) is 7.61. The van der Waals surface area contributed by atoms with E-state index < -0.39 is 0 Å². The predicted molar refractivity (Wildman–Crippen MR) is 95.0 cm³/mol. The molecule has 0 bridgehead atoms. The van der Waals surface area contributed by atoms with Crippen LogP contribution in [0.3, 0.4) is 0 Å². The number of rotatable bonds is 4. The molecular weight excluding hydrogens is 337 g/mol. The van der Waals surface area contributed by atoms with Crippen molar-refractivity contribution < 1.29 is 18.7 Å².